The lowest BCUT2D eigenvalue weighted by atomic mass is 9.96. The van der Waals surface area contributed by atoms with Gasteiger partial charge in [0.05, 0.1) is 20.6 Å². The van der Waals surface area contributed by atoms with E-state index >= 15 is 0 Å². The molecule has 0 amide bonds. The number of benzene rings is 1. The van der Waals surface area contributed by atoms with Crippen LogP contribution in [0.15, 0.2) is 24.3 Å². The summed E-state index contributed by atoms with van der Waals surface area (Å²) >= 11 is 0. The van der Waals surface area contributed by atoms with Gasteiger partial charge in [-0.15, -0.1) is 0 Å². The number of ether oxygens (including phenoxy) is 2. The summed E-state index contributed by atoms with van der Waals surface area (Å²) in [7, 11) is 2.88. The van der Waals surface area contributed by atoms with E-state index in [2.05, 4.69) is 4.74 Å². The maximum absolute atomic E-state index is 11.9. The number of hydrogen-bond acceptors (Lipinski definition) is 4. The molecule has 0 saturated heterocycles. The van der Waals surface area contributed by atoms with Crippen LogP contribution in [-0.4, -0.2) is 26.0 Å². The lowest BCUT2D eigenvalue weighted by Crippen LogP contribution is -2.16. The van der Waals surface area contributed by atoms with Gasteiger partial charge in [-0.1, -0.05) is 6.92 Å². The molecule has 0 aliphatic carbocycles. The third kappa shape index (κ3) is 3.59. The molecule has 4 heteroatoms. The molecule has 0 saturated carbocycles. The Kier molecular flexibility index (Phi) is 4.69. The van der Waals surface area contributed by atoms with E-state index in [0.717, 1.165) is 0 Å². The van der Waals surface area contributed by atoms with Crippen molar-refractivity contribution in [3.63, 3.8) is 0 Å². The fourth-order valence-corrected chi connectivity index (χ4v) is 1.47. The van der Waals surface area contributed by atoms with Gasteiger partial charge >= 0.3 is 5.97 Å². The Morgan fingerprint density at radius 2 is 1.76 bits per heavy atom. The minimum absolute atomic E-state index is 0.0712. The molecule has 0 spiro atoms. The summed E-state index contributed by atoms with van der Waals surface area (Å²) in [4.78, 5) is 23.0. The number of rotatable bonds is 5. The van der Waals surface area contributed by atoms with Gasteiger partial charge in [-0.05, 0) is 24.3 Å². The van der Waals surface area contributed by atoms with Crippen LogP contribution in [0, 0.1) is 5.92 Å². The van der Waals surface area contributed by atoms with Crippen LogP contribution in [0.3, 0.4) is 0 Å². The first kappa shape index (κ1) is 13.2. The van der Waals surface area contributed by atoms with Gasteiger partial charge in [0.1, 0.15) is 5.75 Å². The van der Waals surface area contributed by atoms with E-state index in [0.29, 0.717) is 11.3 Å². The quantitative estimate of drug-likeness (QED) is 0.580. The summed E-state index contributed by atoms with van der Waals surface area (Å²) in [5.74, 6) is -0.129. The zero-order chi connectivity index (χ0) is 12.8. The van der Waals surface area contributed by atoms with E-state index in [1.807, 2.05) is 0 Å². The van der Waals surface area contributed by atoms with Gasteiger partial charge in [0.2, 0.25) is 0 Å². The molecule has 0 aromatic heterocycles. The molecule has 1 aromatic rings. The summed E-state index contributed by atoms with van der Waals surface area (Å²) < 4.78 is 9.54. The minimum atomic E-state index is -0.379. The third-order valence-electron chi connectivity index (χ3n) is 2.52. The molecule has 4 nitrogen and oxygen atoms in total. The van der Waals surface area contributed by atoms with E-state index in [9.17, 15) is 9.59 Å². The predicted molar refractivity (Wildman–Crippen MR) is 63.1 cm³/mol. The van der Waals surface area contributed by atoms with Gasteiger partial charge in [0, 0.05) is 11.5 Å². The largest absolute Gasteiger partial charge is 0.497 e. The first-order valence-corrected chi connectivity index (χ1v) is 5.33. The third-order valence-corrected chi connectivity index (χ3v) is 2.52. The maximum atomic E-state index is 11.9. The van der Waals surface area contributed by atoms with Crippen molar-refractivity contribution in [3.05, 3.63) is 29.8 Å². The second kappa shape index (κ2) is 6.03. The Balaban J connectivity index is 2.71. The standard InChI is InChI=1S/C13H16O4/c1-9(8-12(14)17-3)13(15)10-4-6-11(16-2)7-5-10/h4-7,9H,8H2,1-3H3. The van der Waals surface area contributed by atoms with Crippen LogP contribution >= 0.6 is 0 Å². The molecular weight excluding hydrogens is 220 g/mol. The maximum Gasteiger partial charge on any atom is 0.306 e. The topological polar surface area (TPSA) is 52.6 Å². The number of carbonyl (C=O) groups excluding carboxylic acids is 2. The average Bonchev–Trinajstić information content (AvgIpc) is 2.37. The number of carbonyl (C=O) groups is 2. The van der Waals surface area contributed by atoms with Crippen molar-refractivity contribution in [2.24, 2.45) is 5.92 Å². The molecular formula is C13H16O4. The molecule has 0 radical (unpaired) electrons. The SMILES string of the molecule is COC(=O)CC(C)C(=O)c1ccc(OC)cc1. The Bertz CT molecular complexity index is 394. The highest BCUT2D eigenvalue weighted by atomic mass is 16.5. The minimum Gasteiger partial charge on any atom is -0.497 e. The van der Waals surface area contributed by atoms with Crippen LogP contribution < -0.4 is 4.74 Å². The Morgan fingerprint density at radius 1 is 1.18 bits per heavy atom. The Labute approximate surface area is 101 Å². The highest BCUT2D eigenvalue weighted by Crippen LogP contribution is 2.16. The normalized spacial score (nSPS) is 11.7. The van der Waals surface area contributed by atoms with Crippen LogP contribution in [0.25, 0.3) is 0 Å². The lowest BCUT2D eigenvalue weighted by molar-refractivity contribution is -0.141. The molecule has 1 aromatic carbocycles. The molecule has 0 bridgehead atoms. The van der Waals surface area contributed by atoms with E-state index < -0.39 is 0 Å². The van der Waals surface area contributed by atoms with Gasteiger partial charge in [0.25, 0.3) is 0 Å². The van der Waals surface area contributed by atoms with E-state index in [-0.39, 0.29) is 24.1 Å². The first-order valence-electron chi connectivity index (χ1n) is 5.33. The predicted octanol–water partition coefficient (Wildman–Crippen LogP) is 2.08. The van der Waals surface area contributed by atoms with Crippen molar-refractivity contribution in [2.45, 2.75) is 13.3 Å². The summed E-state index contributed by atoms with van der Waals surface area (Å²) in [6.07, 6.45) is 0.0986. The van der Waals surface area contributed by atoms with Crippen molar-refractivity contribution in [3.8, 4) is 5.75 Å². The highest BCUT2D eigenvalue weighted by Gasteiger charge is 2.18. The zero-order valence-electron chi connectivity index (χ0n) is 10.2. The molecule has 0 aliphatic heterocycles. The van der Waals surface area contributed by atoms with Crippen LogP contribution in [-0.2, 0) is 9.53 Å². The molecule has 0 heterocycles. The Hall–Kier alpha value is -1.84. The van der Waals surface area contributed by atoms with Crippen molar-refractivity contribution in [1.82, 2.24) is 0 Å². The van der Waals surface area contributed by atoms with Gasteiger partial charge in [-0.25, -0.2) is 0 Å². The van der Waals surface area contributed by atoms with Crippen molar-refractivity contribution in [1.29, 1.82) is 0 Å². The smallest absolute Gasteiger partial charge is 0.306 e. The number of esters is 1. The first-order chi connectivity index (χ1) is 8.08. The number of hydrogen-bond donors (Lipinski definition) is 0. The molecule has 1 atom stereocenters. The molecule has 0 fully saturated rings. The molecule has 17 heavy (non-hydrogen) atoms. The molecule has 92 valence electrons. The summed E-state index contributed by atoms with van der Waals surface area (Å²) in [5.41, 5.74) is 0.571. The van der Waals surface area contributed by atoms with Crippen LogP contribution in [0.2, 0.25) is 0 Å². The number of ketones is 1. The molecule has 1 rings (SSSR count). The summed E-state index contributed by atoms with van der Waals surface area (Å²) in [6.45, 7) is 1.71. The monoisotopic (exact) mass is 236 g/mol. The second-order valence-corrected chi connectivity index (χ2v) is 3.77. The van der Waals surface area contributed by atoms with Gasteiger partial charge in [-0.3, -0.25) is 9.59 Å². The Morgan fingerprint density at radius 3 is 2.24 bits per heavy atom. The van der Waals surface area contributed by atoms with Crippen LogP contribution in [0.1, 0.15) is 23.7 Å². The second-order valence-electron chi connectivity index (χ2n) is 3.77. The fourth-order valence-electron chi connectivity index (χ4n) is 1.47. The van der Waals surface area contributed by atoms with Crippen LogP contribution in [0.5, 0.6) is 5.75 Å². The average molecular weight is 236 g/mol. The number of methoxy groups -OCH3 is 2. The van der Waals surface area contributed by atoms with Crippen molar-refractivity contribution in [2.75, 3.05) is 14.2 Å². The van der Waals surface area contributed by atoms with Gasteiger partial charge in [-0.2, -0.15) is 0 Å². The summed E-state index contributed by atoms with van der Waals surface area (Å²) in [6, 6.07) is 6.82. The lowest BCUT2D eigenvalue weighted by Gasteiger charge is -2.09. The van der Waals surface area contributed by atoms with E-state index in [4.69, 9.17) is 4.74 Å². The summed E-state index contributed by atoms with van der Waals surface area (Å²) in [5, 5.41) is 0. The van der Waals surface area contributed by atoms with E-state index in [1.165, 1.54) is 7.11 Å². The van der Waals surface area contributed by atoms with E-state index in [1.54, 1.807) is 38.3 Å². The van der Waals surface area contributed by atoms with Crippen LogP contribution in [0.4, 0.5) is 0 Å². The van der Waals surface area contributed by atoms with Gasteiger partial charge < -0.3 is 9.47 Å². The van der Waals surface area contributed by atoms with Crippen molar-refractivity contribution >= 4 is 11.8 Å². The highest BCUT2D eigenvalue weighted by molar-refractivity contribution is 5.99. The number of Topliss-reactive ketones (excluding diaryl/α,β-unsaturated/α-hetero) is 1. The molecule has 1 unspecified atom stereocenters. The molecule has 0 N–H and O–H groups in total. The fraction of sp³-hybridized carbons (Fsp3) is 0.385. The zero-order valence-corrected chi connectivity index (χ0v) is 10.2. The van der Waals surface area contributed by atoms with Gasteiger partial charge in [0.15, 0.2) is 5.78 Å². The molecule has 0 aliphatic rings. The van der Waals surface area contributed by atoms with Crippen molar-refractivity contribution < 1.29 is 19.1 Å².